The van der Waals surface area contributed by atoms with Gasteiger partial charge in [0.2, 0.25) is 0 Å². The average Bonchev–Trinajstić information content (AvgIpc) is 2.35. The van der Waals surface area contributed by atoms with E-state index in [9.17, 15) is 4.39 Å². The lowest BCUT2D eigenvalue weighted by atomic mass is 10.1. The van der Waals surface area contributed by atoms with Gasteiger partial charge in [0.15, 0.2) is 0 Å². The van der Waals surface area contributed by atoms with E-state index in [0.717, 1.165) is 25.1 Å². The number of benzene rings is 1. The fourth-order valence-corrected chi connectivity index (χ4v) is 1.87. The Labute approximate surface area is 110 Å². The predicted octanol–water partition coefficient (Wildman–Crippen LogP) is 3.68. The van der Waals surface area contributed by atoms with E-state index in [1.807, 2.05) is 6.92 Å². The molecule has 0 fully saturated rings. The van der Waals surface area contributed by atoms with Gasteiger partial charge in [-0.1, -0.05) is 13.8 Å². The molecule has 0 aromatic heterocycles. The number of nitrogens with one attached hydrogen (secondary N) is 1. The summed E-state index contributed by atoms with van der Waals surface area (Å²) in [6.45, 7) is 8.93. The summed E-state index contributed by atoms with van der Waals surface area (Å²) >= 11 is 0. The van der Waals surface area contributed by atoms with Gasteiger partial charge in [0.05, 0.1) is 0 Å². The third-order valence-corrected chi connectivity index (χ3v) is 3.15. The molecule has 2 nitrogen and oxygen atoms in total. The Morgan fingerprint density at radius 1 is 1.28 bits per heavy atom. The number of hydrogen-bond acceptors (Lipinski definition) is 2. The fourth-order valence-electron chi connectivity index (χ4n) is 1.87. The molecule has 3 heteroatoms. The summed E-state index contributed by atoms with van der Waals surface area (Å²) in [4.78, 5) is 0. The van der Waals surface area contributed by atoms with Gasteiger partial charge >= 0.3 is 0 Å². The maximum Gasteiger partial charge on any atom is 0.126 e. The molecule has 1 rings (SSSR count). The highest BCUT2D eigenvalue weighted by Crippen LogP contribution is 2.17. The Balaban J connectivity index is 2.44. The van der Waals surface area contributed by atoms with E-state index in [1.165, 1.54) is 6.07 Å². The van der Waals surface area contributed by atoms with Crippen LogP contribution in [0.25, 0.3) is 0 Å². The molecule has 0 radical (unpaired) electrons. The summed E-state index contributed by atoms with van der Waals surface area (Å²) in [5, 5.41) is 3.47. The summed E-state index contributed by atoms with van der Waals surface area (Å²) in [5.41, 5.74) is 0.618. The van der Waals surface area contributed by atoms with E-state index in [0.29, 0.717) is 11.6 Å². The van der Waals surface area contributed by atoms with Crippen molar-refractivity contribution in [1.29, 1.82) is 0 Å². The highest BCUT2D eigenvalue weighted by Gasteiger charge is 2.08. The van der Waals surface area contributed by atoms with Crippen molar-refractivity contribution in [3.8, 4) is 5.75 Å². The van der Waals surface area contributed by atoms with Crippen LogP contribution in [0.4, 0.5) is 4.39 Å². The van der Waals surface area contributed by atoms with Gasteiger partial charge in [-0.2, -0.15) is 0 Å². The highest BCUT2D eigenvalue weighted by atomic mass is 19.1. The van der Waals surface area contributed by atoms with E-state index in [2.05, 4.69) is 19.2 Å². The van der Waals surface area contributed by atoms with Crippen molar-refractivity contribution < 1.29 is 9.13 Å². The van der Waals surface area contributed by atoms with Crippen LogP contribution in [0.1, 0.15) is 39.2 Å². The van der Waals surface area contributed by atoms with Gasteiger partial charge in [-0.15, -0.1) is 0 Å². The molecule has 1 N–H and O–H groups in total. The van der Waals surface area contributed by atoms with Gasteiger partial charge in [-0.25, -0.2) is 4.39 Å². The Morgan fingerprint density at radius 3 is 2.50 bits per heavy atom. The molecule has 0 heterocycles. The molecule has 0 aliphatic rings. The molecule has 18 heavy (non-hydrogen) atoms. The second kappa shape index (κ2) is 7.37. The molecule has 0 bridgehead atoms. The van der Waals surface area contributed by atoms with Crippen LogP contribution in [0.15, 0.2) is 18.2 Å². The first kappa shape index (κ1) is 15.0. The first-order valence-corrected chi connectivity index (χ1v) is 6.73. The summed E-state index contributed by atoms with van der Waals surface area (Å²) < 4.78 is 18.9. The average molecular weight is 253 g/mol. The van der Waals surface area contributed by atoms with Crippen molar-refractivity contribution in [2.75, 3.05) is 6.54 Å². The fraction of sp³-hybridized carbons (Fsp3) is 0.600. The molecule has 1 atom stereocenters. The zero-order valence-corrected chi connectivity index (χ0v) is 11.8. The molecule has 1 aromatic rings. The van der Waals surface area contributed by atoms with Gasteiger partial charge in [-0.3, -0.25) is 0 Å². The van der Waals surface area contributed by atoms with E-state index < -0.39 is 0 Å². The van der Waals surface area contributed by atoms with Crippen LogP contribution in [0.5, 0.6) is 5.75 Å². The first-order valence-electron chi connectivity index (χ1n) is 6.73. The molecular formula is C15H24FNO. The largest absolute Gasteiger partial charge is 0.489 e. The second-order valence-corrected chi connectivity index (χ2v) is 4.76. The summed E-state index contributed by atoms with van der Waals surface area (Å²) in [6.07, 6.45) is 2.33. The number of halogens is 1. The van der Waals surface area contributed by atoms with Gasteiger partial charge < -0.3 is 10.1 Å². The predicted molar refractivity (Wildman–Crippen MR) is 73.6 cm³/mol. The topological polar surface area (TPSA) is 21.3 Å². The van der Waals surface area contributed by atoms with Crippen molar-refractivity contribution in [1.82, 2.24) is 5.32 Å². The standard InChI is InChI=1S/C15H24FNO/c1-5-13(6-2)17-10-12(4)18-14-7-8-15(16)11(3)9-14/h7-9,12-13,17H,5-6,10H2,1-4H3. The molecule has 0 saturated heterocycles. The van der Waals surface area contributed by atoms with Crippen molar-refractivity contribution in [3.05, 3.63) is 29.6 Å². The monoisotopic (exact) mass is 253 g/mol. The summed E-state index contributed by atoms with van der Waals surface area (Å²) in [7, 11) is 0. The molecule has 0 amide bonds. The SMILES string of the molecule is CCC(CC)NCC(C)Oc1ccc(F)c(C)c1. The van der Waals surface area contributed by atoms with Crippen LogP contribution < -0.4 is 10.1 Å². The number of rotatable bonds is 7. The molecular weight excluding hydrogens is 229 g/mol. The van der Waals surface area contributed by atoms with Crippen molar-refractivity contribution in [2.24, 2.45) is 0 Å². The zero-order chi connectivity index (χ0) is 13.5. The van der Waals surface area contributed by atoms with Crippen LogP contribution in [-0.2, 0) is 0 Å². The maximum absolute atomic E-state index is 13.1. The molecule has 0 aliphatic heterocycles. The van der Waals surface area contributed by atoms with E-state index in [-0.39, 0.29) is 11.9 Å². The van der Waals surface area contributed by atoms with Gasteiger partial charge in [-0.05, 0) is 50.5 Å². The Morgan fingerprint density at radius 2 is 1.94 bits per heavy atom. The van der Waals surface area contributed by atoms with Crippen LogP contribution >= 0.6 is 0 Å². The summed E-state index contributed by atoms with van der Waals surface area (Å²) in [5.74, 6) is 0.540. The van der Waals surface area contributed by atoms with Gasteiger partial charge in [0, 0.05) is 12.6 Å². The minimum Gasteiger partial charge on any atom is -0.489 e. The Kier molecular flexibility index (Phi) is 6.13. The normalized spacial score (nSPS) is 12.8. The minimum absolute atomic E-state index is 0.0791. The molecule has 0 aliphatic carbocycles. The number of hydrogen-bond donors (Lipinski definition) is 1. The van der Waals surface area contributed by atoms with Crippen LogP contribution in [-0.4, -0.2) is 18.7 Å². The lowest BCUT2D eigenvalue weighted by Crippen LogP contribution is -2.36. The van der Waals surface area contributed by atoms with E-state index in [4.69, 9.17) is 4.74 Å². The van der Waals surface area contributed by atoms with Crippen LogP contribution in [0.2, 0.25) is 0 Å². The second-order valence-electron chi connectivity index (χ2n) is 4.76. The third kappa shape index (κ3) is 4.65. The Hall–Kier alpha value is -1.09. The maximum atomic E-state index is 13.1. The highest BCUT2D eigenvalue weighted by molar-refractivity contribution is 5.28. The minimum atomic E-state index is -0.190. The lowest BCUT2D eigenvalue weighted by molar-refractivity contribution is 0.209. The van der Waals surface area contributed by atoms with E-state index in [1.54, 1.807) is 19.1 Å². The quantitative estimate of drug-likeness (QED) is 0.800. The summed E-state index contributed by atoms with van der Waals surface area (Å²) in [6, 6.07) is 5.41. The van der Waals surface area contributed by atoms with Crippen LogP contribution in [0, 0.1) is 12.7 Å². The van der Waals surface area contributed by atoms with Crippen LogP contribution in [0.3, 0.4) is 0 Å². The van der Waals surface area contributed by atoms with Crippen molar-refractivity contribution in [2.45, 2.75) is 52.7 Å². The first-order chi connectivity index (χ1) is 8.56. The zero-order valence-electron chi connectivity index (χ0n) is 11.8. The molecule has 1 aromatic carbocycles. The van der Waals surface area contributed by atoms with Crippen molar-refractivity contribution in [3.63, 3.8) is 0 Å². The third-order valence-electron chi connectivity index (χ3n) is 3.15. The van der Waals surface area contributed by atoms with E-state index >= 15 is 0 Å². The molecule has 1 unspecified atom stereocenters. The number of ether oxygens (including phenoxy) is 1. The number of aryl methyl sites for hydroxylation is 1. The molecule has 0 spiro atoms. The smallest absolute Gasteiger partial charge is 0.126 e. The van der Waals surface area contributed by atoms with Gasteiger partial charge in [0.25, 0.3) is 0 Å². The van der Waals surface area contributed by atoms with Gasteiger partial charge in [0.1, 0.15) is 17.7 Å². The Bertz CT molecular complexity index is 364. The molecule has 102 valence electrons. The molecule has 0 saturated carbocycles. The van der Waals surface area contributed by atoms with Crippen molar-refractivity contribution >= 4 is 0 Å². The lowest BCUT2D eigenvalue weighted by Gasteiger charge is -2.20.